The van der Waals surface area contributed by atoms with E-state index in [2.05, 4.69) is 21.5 Å². The number of aromatic nitrogens is 2. The summed E-state index contributed by atoms with van der Waals surface area (Å²) in [5.41, 5.74) is 1.33. The van der Waals surface area contributed by atoms with Crippen LogP contribution in [0.3, 0.4) is 0 Å². The zero-order valence-corrected chi connectivity index (χ0v) is 10.7. The Balaban J connectivity index is 1.73. The van der Waals surface area contributed by atoms with E-state index in [0.717, 1.165) is 38.4 Å². The van der Waals surface area contributed by atoms with Gasteiger partial charge in [0.15, 0.2) is 0 Å². The predicted octanol–water partition coefficient (Wildman–Crippen LogP) is 1.81. The molecule has 96 valence electrons. The van der Waals surface area contributed by atoms with Crippen LogP contribution in [0.5, 0.6) is 0 Å². The van der Waals surface area contributed by atoms with E-state index in [1.165, 1.54) is 18.5 Å². The number of unbranched alkanes of at least 4 members (excludes halogenated alkanes) is 2. The van der Waals surface area contributed by atoms with Gasteiger partial charge in [-0.15, -0.1) is 0 Å². The quantitative estimate of drug-likeness (QED) is 0.701. The van der Waals surface area contributed by atoms with Crippen LogP contribution in [-0.4, -0.2) is 39.8 Å². The Bertz CT molecular complexity index is 333. The number of rotatable bonds is 8. The number of aliphatic hydroxyl groups excluding tert-OH is 1. The molecule has 0 amide bonds. The van der Waals surface area contributed by atoms with Crippen molar-refractivity contribution in [1.29, 1.82) is 0 Å². The maximum atomic E-state index is 8.72. The van der Waals surface area contributed by atoms with Gasteiger partial charge in [-0.2, -0.15) is 0 Å². The molecule has 0 bridgehead atoms. The molecule has 1 fully saturated rings. The highest BCUT2D eigenvalue weighted by molar-refractivity contribution is 5.03. The van der Waals surface area contributed by atoms with Crippen LogP contribution < -0.4 is 0 Å². The lowest BCUT2D eigenvalue weighted by Gasteiger charge is -2.17. The van der Waals surface area contributed by atoms with Gasteiger partial charge in [0.2, 0.25) is 0 Å². The summed E-state index contributed by atoms with van der Waals surface area (Å²) in [4.78, 5) is 6.59. The minimum absolute atomic E-state index is 0.318. The lowest BCUT2D eigenvalue weighted by atomic mass is 10.2. The lowest BCUT2D eigenvalue weighted by molar-refractivity contribution is 0.269. The first kappa shape index (κ1) is 12.6. The first-order valence-electron chi connectivity index (χ1n) is 6.61. The van der Waals surface area contributed by atoms with Crippen LogP contribution in [0.2, 0.25) is 0 Å². The molecule has 0 aromatic carbocycles. The third-order valence-electron chi connectivity index (χ3n) is 3.32. The maximum absolute atomic E-state index is 8.72. The summed E-state index contributed by atoms with van der Waals surface area (Å²) in [5.74, 6) is 0. The Morgan fingerprint density at radius 3 is 2.94 bits per heavy atom. The molecule has 2 rings (SSSR count). The molecule has 1 aliphatic rings. The number of hydrogen-bond donors (Lipinski definition) is 1. The molecule has 4 heteroatoms. The van der Waals surface area contributed by atoms with Crippen molar-refractivity contribution in [3.63, 3.8) is 0 Å². The molecule has 1 aliphatic carbocycles. The van der Waals surface area contributed by atoms with E-state index in [4.69, 9.17) is 5.11 Å². The second-order valence-electron chi connectivity index (χ2n) is 5.05. The van der Waals surface area contributed by atoms with Crippen molar-refractivity contribution in [3.05, 3.63) is 18.2 Å². The van der Waals surface area contributed by atoms with Gasteiger partial charge < -0.3 is 14.6 Å². The molecule has 0 unspecified atom stereocenters. The molecular weight excluding hydrogens is 214 g/mol. The van der Waals surface area contributed by atoms with Crippen LogP contribution in [-0.2, 0) is 6.54 Å². The minimum atomic E-state index is 0.318. The van der Waals surface area contributed by atoms with Gasteiger partial charge in [-0.25, -0.2) is 4.98 Å². The van der Waals surface area contributed by atoms with Crippen molar-refractivity contribution in [2.75, 3.05) is 20.2 Å². The van der Waals surface area contributed by atoms with Crippen molar-refractivity contribution in [2.45, 2.75) is 44.7 Å². The molecule has 0 atom stereocenters. The van der Waals surface area contributed by atoms with Gasteiger partial charge in [0.1, 0.15) is 0 Å². The highest BCUT2D eigenvalue weighted by Crippen LogP contribution is 2.35. The Labute approximate surface area is 103 Å². The Morgan fingerprint density at radius 1 is 1.41 bits per heavy atom. The fraction of sp³-hybridized carbons (Fsp3) is 0.769. The van der Waals surface area contributed by atoms with E-state index in [1.54, 1.807) is 0 Å². The first-order valence-corrected chi connectivity index (χ1v) is 6.61. The Hall–Kier alpha value is -0.870. The molecule has 1 heterocycles. The number of nitrogens with zero attached hydrogens (tertiary/aromatic N) is 3. The van der Waals surface area contributed by atoms with Crippen LogP contribution >= 0.6 is 0 Å². The van der Waals surface area contributed by atoms with E-state index < -0.39 is 0 Å². The summed E-state index contributed by atoms with van der Waals surface area (Å²) in [6.07, 6.45) is 9.77. The predicted molar refractivity (Wildman–Crippen MR) is 67.8 cm³/mol. The fourth-order valence-electron chi connectivity index (χ4n) is 2.16. The molecule has 0 saturated heterocycles. The average Bonchev–Trinajstić information content (AvgIpc) is 3.06. The number of hydrogen-bond acceptors (Lipinski definition) is 3. The van der Waals surface area contributed by atoms with Gasteiger partial charge in [-0.3, -0.25) is 0 Å². The van der Waals surface area contributed by atoms with E-state index in [9.17, 15) is 0 Å². The summed E-state index contributed by atoms with van der Waals surface area (Å²) in [6, 6.07) is 0.718. The molecular formula is C13H23N3O. The van der Waals surface area contributed by atoms with Crippen molar-refractivity contribution in [2.24, 2.45) is 0 Å². The van der Waals surface area contributed by atoms with Gasteiger partial charge in [0.25, 0.3) is 0 Å². The largest absolute Gasteiger partial charge is 0.396 e. The first-order chi connectivity index (χ1) is 8.31. The van der Waals surface area contributed by atoms with Crippen LogP contribution in [0.15, 0.2) is 12.5 Å². The Morgan fingerprint density at radius 2 is 2.24 bits per heavy atom. The zero-order valence-electron chi connectivity index (χ0n) is 10.7. The molecule has 1 aromatic rings. The van der Waals surface area contributed by atoms with Crippen molar-refractivity contribution in [1.82, 2.24) is 14.5 Å². The van der Waals surface area contributed by atoms with Crippen LogP contribution in [0.1, 0.15) is 43.8 Å². The van der Waals surface area contributed by atoms with E-state index in [-0.39, 0.29) is 0 Å². The SMILES string of the molecule is CN(CCCCCO)Cc1cncn1C1CC1. The second-order valence-corrected chi connectivity index (χ2v) is 5.05. The number of imidazole rings is 1. The molecule has 0 aliphatic heterocycles. The van der Waals surface area contributed by atoms with Gasteiger partial charge >= 0.3 is 0 Å². The summed E-state index contributed by atoms with van der Waals surface area (Å²) in [7, 11) is 2.16. The van der Waals surface area contributed by atoms with E-state index >= 15 is 0 Å². The van der Waals surface area contributed by atoms with E-state index in [0.29, 0.717) is 6.61 Å². The molecule has 4 nitrogen and oxygen atoms in total. The lowest BCUT2D eigenvalue weighted by Crippen LogP contribution is -2.20. The standard InChI is InChI=1S/C13H23N3O/c1-15(7-3-2-4-8-17)10-13-9-14-11-16(13)12-5-6-12/h9,11-12,17H,2-8,10H2,1H3. The molecule has 1 saturated carbocycles. The summed E-state index contributed by atoms with van der Waals surface area (Å²) >= 11 is 0. The third-order valence-corrected chi connectivity index (χ3v) is 3.32. The van der Waals surface area contributed by atoms with Gasteiger partial charge in [-0.1, -0.05) is 0 Å². The monoisotopic (exact) mass is 237 g/mol. The molecule has 1 N–H and O–H groups in total. The fourth-order valence-corrected chi connectivity index (χ4v) is 2.16. The topological polar surface area (TPSA) is 41.3 Å². The molecule has 0 spiro atoms. The Kier molecular flexibility index (Phi) is 4.57. The third kappa shape index (κ3) is 3.82. The van der Waals surface area contributed by atoms with Crippen molar-refractivity contribution in [3.8, 4) is 0 Å². The van der Waals surface area contributed by atoms with Crippen LogP contribution in [0.25, 0.3) is 0 Å². The molecule has 17 heavy (non-hydrogen) atoms. The molecule has 1 aromatic heterocycles. The van der Waals surface area contributed by atoms with E-state index in [1.807, 2.05) is 12.5 Å². The highest BCUT2D eigenvalue weighted by atomic mass is 16.2. The highest BCUT2D eigenvalue weighted by Gasteiger charge is 2.25. The summed E-state index contributed by atoms with van der Waals surface area (Å²) in [5, 5.41) is 8.72. The minimum Gasteiger partial charge on any atom is -0.396 e. The summed E-state index contributed by atoms with van der Waals surface area (Å²) in [6.45, 7) is 2.39. The smallest absolute Gasteiger partial charge is 0.0951 e. The van der Waals surface area contributed by atoms with Crippen LogP contribution in [0.4, 0.5) is 0 Å². The van der Waals surface area contributed by atoms with Crippen LogP contribution in [0, 0.1) is 0 Å². The van der Waals surface area contributed by atoms with Gasteiger partial charge in [-0.05, 0) is 45.7 Å². The van der Waals surface area contributed by atoms with Crippen molar-refractivity contribution < 1.29 is 5.11 Å². The average molecular weight is 237 g/mol. The van der Waals surface area contributed by atoms with Crippen molar-refractivity contribution >= 4 is 0 Å². The molecule has 0 radical (unpaired) electrons. The number of aliphatic hydroxyl groups is 1. The van der Waals surface area contributed by atoms with Gasteiger partial charge in [0.05, 0.1) is 12.0 Å². The maximum Gasteiger partial charge on any atom is 0.0951 e. The second kappa shape index (κ2) is 6.17. The van der Waals surface area contributed by atoms with Gasteiger partial charge in [0, 0.05) is 25.4 Å². The summed E-state index contributed by atoms with van der Waals surface area (Å²) < 4.78 is 2.32. The normalized spacial score (nSPS) is 15.7. The zero-order chi connectivity index (χ0) is 12.1.